The predicted octanol–water partition coefficient (Wildman–Crippen LogP) is 2.90. The highest BCUT2D eigenvalue weighted by Gasteiger charge is 2.07. The second-order valence-electron chi connectivity index (χ2n) is 4.43. The Morgan fingerprint density at radius 3 is 2.68 bits per heavy atom. The van der Waals surface area contributed by atoms with E-state index in [1.165, 1.54) is 26.4 Å². The standard InChI is InChI=1S/C16H16N2O4/c1-11(19)17-12-5-7-15(21-2)14(10-12)18-16(20)8-6-13-4-3-9-22-13/h3-10H,1-2H3,(H,17,19)(H,18,20). The van der Waals surface area contributed by atoms with Gasteiger partial charge in [-0.1, -0.05) is 0 Å². The molecule has 1 aromatic heterocycles. The second kappa shape index (κ2) is 7.12. The first-order valence-corrected chi connectivity index (χ1v) is 6.56. The second-order valence-corrected chi connectivity index (χ2v) is 4.43. The van der Waals surface area contributed by atoms with Crippen LogP contribution in [0.15, 0.2) is 47.1 Å². The molecule has 0 unspecified atom stereocenters. The van der Waals surface area contributed by atoms with E-state index in [1.807, 2.05) is 0 Å². The van der Waals surface area contributed by atoms with Crippen molar-refractivity contribution < 1.29 is 18.7 Å². The molecule has 0 aliphatic rings. The lowest BCUT2D eigenvalue weighted by atomic mass is 10.2. The molecule has 0 aliphatic carbocycles. The van der Waals surface area contributed by atoms with Crippen molar-refractivity contribution in [1.29, 1.82) is 0 Å². The molecule has 0 aliphatic heterocycles. The number of carbonyl (C=O) groups excluding carboxylic acids is 2. The highest BCUT2D eigenvalue weighted by atomic mass is 16.5. The Morgan fingerprint density at radius 1 is 1.23 bits per heavy atom. The van der Waals surface area contributed by atoms with E-state index < -0.39 is 0 Å². The average molecular weight is 300 g/mol. The minimum atomic E-state index is -0.338. The van der Waals surface area contributed by atoms with Crippen LogP contribution < -0.4 is 15.4 Å². The summed E-state index contributed by atoms with van der Waals surface area (Å²) in [7, 11) is 1.50. The van der Waals surface area contributed by atoms with E-state index in [2.05, 4.69) is 10.6 Å². The Kier molecular flexibility index (Phi) is 4.98. The van der Waals surface area contributed by atoms with Gasteiger partial charge in [0.1, 0.15) is 11.5 Å². The van der Waals surface area contributed by atoms with Gasteiger partial charge >= 0.3 is 0 Å². The quantitative estimate of drug-likeness (QED) is 0.832. The molecule has 0 saturated heterocycles. The molecule has 0 fully saturated rings. The molecule has 0 radical (unpaired) electrons. The number of ether oxygens (including phenoxy) is 1. The van der Waals surface area contributed by atoms with Crippen LogP contribution in [0.4, 0.5) is 11.4 Å². The first-order chi connectivity index (χ1) is 10.6. The third kappa shape index (κ3) is 4.24. The minimum Gasteiger partial charge on any atom is -0.495 e. The van der Waals surface area contributed by atoms with Gasteiger partial charge in [-0.3, -0.25) is 9.59 Å². The summed E-state index contributed by atoms with van der Waals surface area (Å²) in [5, 5.41) is 5.34. The summed E-state index contributed by atoms with van der Waals surface area (Å²) < 4.78 is 10.3. The average Bonchev–Trinajstić information content (AvgIpc) is 2.98. The molecule has 0 atom stereocenters. The molecule has 0 bridgehead atoms. The molecule has 2 N–H and O–H groups in total. The lowest BCUT2D eigenvalue weighted by molar-refractivity contribution is -0.114. The van der Waals surface area contributed by atoms with Crippen LogP contribution in [0.5, 0.6) is 5.75 Å². The Labute approximate surface area is 127 Å². The number of methoxy groups -OCH3 is 1. The zero-order chi connectivity index (χ0) is 15.9. The third-order valence-corrected chi connectivity index (χ3v) is 2.72. The van der Waals surface area contributed by atoms with Crippen LogP contribution in [0.25, 0.3) is 6.08 Å². The SMILES string of the molecule is COc1ccc(NC(C)=O)cc1NC(=O)C=Cc1ccco1. The summed E-state index contributed by atoms with van der Waals surface area (Å²) >= 11 is 0. The van der Waals surface area contributed by atoms with Gasteiger partial charge in [0.25, 0.3) is 0 Å². The van der Waals surface area contributed by atoms with Crippen LogP contribution in [0.2, 0.25) is 0 Å². The van der Waals surface area contributed by atoms with E-state index >= 15 is 0 Å². The summed E-state index contributed by atoms with van der Waals surface area (Å²) in [6.45, 7) is 1.41. The first kappa shape index (κ1) is 15.4. The van der Waals surface area contributed by atoms with Crippen molar-refractivity contribution in [1.82, 2.24) is 0 Å². The van der Waals surface area contributed by atoms with Gasteiger partial charge in [0, 0.05) is 18.7 Å². The molecule has 2 aromatic rings. The van der Waals surface area contributed by atoms with Crippen molar-refractivity contribution in [2.24, 2.45) is 0 Å². The lowest BCUT2D eigenvalue weighted by Gasteiger charge is -2.11. The lowest BCUT2D eigenvalue weighted by Crippen LogP contribution is -2.10. The summed E-state index contributed by atoms with van der Waals surface area (Å²) in [5.41, 5.74) is 1.03. The van der Waals surface area contributed by atoms with Gasteiger partial charge in [-0.05, 0) is 36.4 Å². The van der Waals surface area contributed by atoms with Crippen LogP contribution in [-0.2, 0) is 9.59 Å². The van der Waals surface area contributed by atoms with Gasteiger partial charge in [0.05, 0.1) is 19.1 Å². The number of furan rings is 1. The van der Waals surface area contributed by atoms with Crippen molar-refractivity contribution >= 4 is 29.3 Å². The number of hydrogen-bond donors (Lipinski definition) is 2. The molecule has 0 spiro atoms. The summed E-state index contributed by atoms with van der Waals surface area (Å²) in [4.78, 5) is 23.0. The van der Waals surface area contributed by atoms with Gasteiger partial charge in [-0.2, -0.15) is 0 Å². The molecule has 6 heteroatoms. The predicted molar refractivity (Wildman–Crippen MR) is 83.7 cm³/mol. The van der Waals surface area contributed by atoms with Crippen LogP contribution in [0.1, 0.15) is 12.7 Å². The molecule has 2 amide bonds. The Bertz CT molecular complexity index is 690. The molecule has 0 saturated carbocycles. The Hall–Kier alpha value is -3.02. The number of carbonyl (C=O) groups is 2. The first-order valence-electron chi connectivity index (χ1n) is 6.56. The van der Waals surface area contributed by atoms with Gasteiger partial charge in [0.2, 0.25) is 11.8 Å². The number of benzene rings is 1. The molecular formula is C16H16N2O4. The molecule has 114 valence electrons. The summed E-state index contributed by atoms with van der Waals surface area (Å²) in [6, 6.07) is 8.45. The van der Waals surface area contributed by atoms with E-state index in [1.54, 1.807) is 36.4 Å². The van der Waals surface area contributed by atoms with Crippen LogP contribution >= 0.6 is 0 Å². The molecule has 1 heterocycles. The molecule has 1 aromatic carbocycles. The fraction of sp³-hybridized carbons (Fsp3) is 0.125. The third-order valence-electron chi connectivity index (χ3n) is 2.72. The summed E-state index contributed by atoms with van der Waals surface area (Å²) in [6.07, 6.45) is 4.43. The molecule has 22 heavy (non-hydrogen) atoms. The maximum Gasteiger partial charge on any atom is 0.248 e. The summed E-state index contributed by atoms with van der Waals surface area (Å²) in [5.74, 6) is 0.540. The van der Waals surface area contributed by atoms with E-state index in [-0.39, 0.29) is 11.8 Å². The number of nitrogens with one attached hydrogen (secondary N) is 2. The number of rotatable bonds is 5. The van der Waals surface area contributed by atoms with Crippen LogP contribution in [0.3, 0.4) is 0 Å². The van der Waals surface area contributed by atoms with E-state index in [4.69, 9.17) is 9.15 Å². The van der Waals surface area contributed by atoms with Crippen molar-refractivity contribution in [3.63, 3.8) is 0 Å². The highest BCUT2D eigenvalue weighted by Crippen LogP contribution is 2.27. The largest absolute Gasteiger partial charge is 0.495 e. The fourth-order valence-corrected chi connectivity index (χ4v) is 1.80. The normalized spacial score (nSPS) is 10.5. The van der Waals surface area contributed by atoms with Crippen LogP contribution in [-0.4, -0.2) is 18.9 Å². The van der Waals surface area contributed by atoms with Gasteiger partial charge in [-0.15, -0.1) is 0 Å². The monoisotopic (exact) mass is 300 g/mol. The van der Waals surface area contributed by atoms with Crippen molar-refractivity contribution in [3.8, 4) is 5.75 Å². The maximum atomic E-state index is 11.9. The topological polar surface area (TPSA) is 80.6 Å². The number of hydrogen-bond acceptors (Lipinski definition) is 4. The Morgan fingerprint density at radius 2 is 2.05 bits per heavy atom. The molecule has 6 nitrogen and oxygen atoms in total. The van der Waals surface area contributed by atoms with E-state index in [9.17, 15) is 9.59 Å². The van der Waals surface area contributed by atoms with Gasteiger partial charge in [0.15, 0.2) is 0 Å². The maximum absolute atomic E-state index is 11.9. The number of amides is 2. The fourth-order valence-electron chi connectivity index (χ4n) is 1.80. The van der Waals surface area contributed by atoms with Crippen molar-refractivity contribution in [3.05, 3.63) is 48.4 Å². The van der Waals surface area contributed by atoms with Gasteiger partial charge in [-0.25, -0.2) is 0 Å². The number of anilines is 2. The Balaban J connectivity index is 2.12. The minimum absolute atomic E-state index is 0.194. The van der Waals surface area contributed by atoms with Gasteiger partial charge < -0.3 is 19.8 Å². The highest BCUT2D eigenvalue weighted by molar-refractivity contribution is 6.03. The zero-order valence-corrected chi connectivity index (χ0v) is 12.3. The van der Waals surface area contributed by atoms with Crippen LogP contribution in [0, 0.1) is 0 Å². The smallest absolute Gasteiger partial charge is 0.248 e. The van der Waals surface area contributed by atoms with Crippen molar-refractivity contribution in [2.75, 3.05) is 17.7 Å². The van der Waals surface area contributed by atoms with E-state index in [0.29, 0.717) is 22.9 Å². The van der Waals surface area contributed by atoms with Crippen molar-refractivity contribution in [2.45, 2.75) is 6.92 Å². The van der Waals surface area contributed by atoms with E-state index in [0.717, 1.165) is 0 Å². The zero-order valence-electron chi connectivity index (χ0n) is 12.3. The molecule has 2 rings (SSSR count). The molecular weight excluding hydrogens is 284 g/mol.